The number of aliphatic hydroxyl groups excluding tert-OH is 1. The summed E-state index contributed by atoms with van der Waals surface area (Å²) in [4.78, 5) is 11.6. The second-order valence-corrected chi connectivity index (χ2v) is 4.19. The molecule has 0 bridgehead atoms. The number of amides is 1. The molecule has 2 rings (SSSR count). The van der Waals surface area contributed by atoms with E-state index >= 15 is 0 Å². The van der Waals surface area contributed by atoms with Crippen LogP contribution in [0.1, 0.15) is 12.6 Å². The molecule has 1 aromatic carbocycles. The molecular weight excluding hydrogens is 242 g/mol. The average Bonchev–Trinajstić information content (AvgIpc) is 2.70. The molecule has 2 N–H and O–H groups in total. The Morgan fingerprint density at radius 2 is 2.05 bits per heavy atom. The van der Waals surface area contributed by atoms with Gasteiger partial charge < -0.3 is 10.4 Å². The molecule has 1 amide bonds. The average molecular weight is 257 g/mol. The molecule has 0 aliphatic rings. The van der Waals surface area contributed by atoms with Crippen molar-refractivity contribution >= 4 is 11.7 Å². The van der Waals surface area contributed by atoms with Crippen LogP contribution in [0.25, 0.3) is 5.69 Å². The molecule has 0 spiro atoms. The third-order valence-electron chi connectivity index (χ3n) is 2.42. The smallest absolute Gasteiger partial charge is 0.252 e. The number of aromatic nitrogens is 2. The van der Waals surface area contributed by atoms with Gasteiger partial charge in [0.15, 0.2) is 0 Å². The molecule has 0 saturated heterocycles. The van der Waals surface area contributed by atoms with Crippen LogP contribution in [-0.2, 0) is 4.79 Å². The van der Waals surface area contributed by atoms with Crippen molar-refractivity contribution in [2.75, 3.05) is 5.32 Å². The van der Waals surface area contributed by atoms with E-state index in [0.29, 0.717) is 5.82 Å². The maximum Gasteiger partial charge on any atom is 0.252 e. The number of carbonyl (C=O) groups is 1. The Labute approximate surface area is 111 Å². The molecule has 5 heteroatoms. The Kier molecular flexibility index (Phi) is 3.66. The second kappa shape index (κ2) is 5.39. The topological polar surface area (TPSA) is 67.2 Å². The van der Waals surface area contributed by atoms with Crippen LogP contribution in [0.3, 0.4) is 0 Å². The quantitative estimate of drug-likeness (QED) is 0.656. The van der Waals surface area contributed by atoms with Gasteiger partial charge in [0.25, 0.3) is 5.91 Å². The number of para-hydroxylation sites is 1. The van der Waals surface area contributed by atoms with Gasteiger partial charge in [-0.05, 0) is 26.0 Å². The molecule has 0 atom stereocenters. The highest BCUT2D eigenvalue weighted by atomic mass is 16.3. The van der Waals surface area contributed by atoms with E-state index in [2.05, 4.69) is 10.4 Å². The fourth-order valence-corrected chi connectivity index (χ4v) is 1.71. The monoisotopic (exact) mass is 257 g/mol. The summed E-state index contributed by atoms with van der Waals surface area (Å²) >= 11 is 0. The number of aliphatic hydroxyl groups is 1. The minimum atomic E-state index is -0.392. The first-order valence-electron chi connectivity index (χ1n) is 5.86. The second-order valence-electron chi connectivity index (χ2n) is 4.19. The van der Waals surface area contributed by atoms with Gasteiger partial charge in [-0.3, -0.25) is 4.79 Å². The molecular formula is C14H15N3O2. The summed E-state index contributed by atoms with van der Waals surface area (Å²) in [5.74, 6) is 0.128. The standard InChI is InChI=1S/C14H15N3O2/c1-10-8-13(15-14(19)9-11(2)18)17(16-10)12-6-4-3-5-7-12/h3-9,18H,1-2H3,(H,15,19)/b11-9+. The summed E-state index contributed by atoms with van der Waals surface area (Å²) in [7, 11) is 0. The van der Waals surface area contributed by atoms with E-state index in [0.717, 1.165) is 17.5 Å². The van der Waals surface area contributed by atoms with Crippen LogP contribution in [0.2, 0.25) is 0 Å². The van der Waals surface area contributed by atoms with Crippen molar-refractivity contribution in [2.45, 2.75) is 13.8 Å². The molecule has 0 radical (unpaired) electrons. The lowest BCUT2D eigenvalue weighted by atomic mass is 10.3. The Hall–Kier alpha value is -2.56. The minimum absolute atomic E-state index is 0.0417. The van der Waals surface area contributed by atoms with E-state index in [-0.39, 0.29) is 5.76 Å². The lowest BCUT2D eigenvalue weighted by molar-refractivity contribution is -0.112. The zero-order valence-corrected chi connectivity index (χ0v) is 10.8. The number of anilines is 1. The van der Waals surface area contributed by atoms with E-state index in [9.17, 15) is 4.79 Å². The zero-order valence-electron chi connectivity index (χ0n) is 10.8. The summed E-state index contributed by atoms with van der Waals surface area (Å²) in [6, 6.07) is 11.3. The van der Waals surface area contributed by atoms with Crippen molar-refractivity contribution in [2.24, 2.45) is 0 Å². The van der Waals surface area contributed by atoms with Crippen LogP contribution in [0.4, 0.5) is 5.82 Å². The van der Waals surface area contributed by atoms with Crippen LogP contribution >= 0.6 is 0 Å². The number of nitrogens with zero attached hydrogens (tertiary/aromatic N) is 2. The molecule has 0 aliphatic carbocycles. The van der Waals surface area contributed by atoms with Gasteiger partial charge in [-0.1, -0.05) is 18.2 Å². The van der Waals surface area contributed by atoms with Crippen LogP contribution in [0.5, 0.6) is 0 Å². The van der Waals surface area contributed by atoms with Crippen molar-refractivity contribution in [3.8, 4) is 5.69 Å². The molecule has 2 aromatic rings. The van der Waals surface area contributed by atoms with Gasteiger partial charge in [0.05, 0.1) is 17.1 Å². The van der Waals surface area contributed by atoms with E-state index in [1.807, 2.05) is 37.3 Å². The summed E-state index contributed by atoms with van der Waals surface area (Å²) in [5, 5.41) is 16.1. The van der Waals surface area contributed by atoms with Crippen LogP contribution in [0.15, 0.2) is 48.2 Å². The van der Waals surface area contributed by atoms with Gasteiger partial charge in [0, 0.05) is 12.1 Å². The molecule has 19 heavy (non-hydrogen) atoms. The number of hydrogen-bond acceptors (Lipinski definition) is 3. The number of rotatable bonds is 3. The van der Waals surface area contributed by atoms with Gasteiger partial charge >= 0.3 is 0 Å². The molecule has 0 saturated carbocycles. The minimum Gasteiger partial charge on any atom is -0.512 e. The Morgan fingerprint density at radius 3 is 2.68 bits per heavy atom. The van der Waals surface area contributed by atoms with Crippen LogP contribution < -0.4 is 5.32 Å². The van der Waals surface area contributed by atoms with Crippen molar-refractivity contribution in [3.05, 3.63) is 53.9 Å². The molecule has 1 aromatic heterocycles. The summed E-state index contributed by atoms with van der Waals surface area (Å²) in [6.07, 6.45) is 1.12. The molecule has 0 aliphatic heterocycles. The molecule has 0 unspecified atom stereocenters. The van der Waals surface area contributed by atoms with Gasteiger partial charge in [-0.25, -0.2) is 4.68 Å². The van der Waals surface area contributed by atoms with Crippen molar-refractivity contribution in [1.29, 1.82) is 0 Å². The van der Waals surface area contributed by atoms with Gasteiger partial charge in [-0.2, -0.15) is 5.10 Å². The highest BCUT2D eigenvalue weighted by molar-refractivity contribution is 5.99. The Morgan fingerprint density at radius 1 is 1.37 bits per heavy atom. The lowest BCUT2D eigenvalue weighted by Gasteiger charge is -2.07. The predicted molar refractivity (Wildman–Crippen MR) is 73.3 cm³/mol. The fraction of sp³-hybridized carbons (Fsp3) is 0.143. The number of allylic oxidation sites excluding steroid dienone is 1. The van der Waals surface area contributed by atoms with Crippen molar-refractivity contribution in [1.82, 2.24) is 9.78 Å². The largest absolute Gasteiger partial charge is 0.512 e. The predicted octanol–water partition coefficient (Wildman–Crippen LogP) is 2.58. The molecule has 5 nitrogen and oxygen atoms in total. The molecule has 0 fully saturated rings. The van der Waals surface area contributed by atoms with Gasteiger partial charge in [-0.15, -0.1) is 0 Å². The van der Waals surface area contributed by atoms with E-state index in [1.165, 1.54) is 6.92 Å². The van der Waals surface area contributed by atoms with Crippen molar-refractivity contribution in [3.63, 3.8) is 0 Å². The highest BCUT2D eigenvalue weighted by Crippen LogP contribution is 2.16. The van der Waals surface area contributed by atoms with Crippen LogP contribution in [-0.4, -0.2) is 20.8 Å². The van der Waals surface area contributed by atoms with E-state index in [1.54, 1.807) is 10.7 Å². The lowest BCUT2D eigenvalue weighted by Crippen LogP contribution is -2.12. The maximum absolute atomic E-state index is 11.6. The summed E-state index contributed by atoms with van der Waals surface area (Å²) in [6.45, 7) is 3.29. The summed E-state index contributed by atoms with van der Waals surface area (Å²) in [5.41, 5.74) is 1.65. The fourth-order valence-electron chi connectivity index (χ4n) is 1.71. The maximum atomic E-state index is 11.6. The molecule has 1 heterocycles. The van der Waals surface area contributed by atoms with Gasteiger partial charge in [0.1, 0.15) is 5.82 Å². The molecule has 98 valence electrons. The number of hydrogen-bond donors (Lipinski definition) is 2. The SMILES string of the molecule is C/C(O)=C\C(=O)Nc1cc(C)nn1-c1ccccc1. The number of carbonyl (C=O) groups excluding carboxylic acids is 1. The first-order valence-corrected chi connectivity index (χ1v) is 5.86. The highest BCUT2D eigenvalue weighted by Gasteiger charge is 2.09. The Balaban J connectivity index is 2.32. The number of benzene rings is 1. The first-order chi connectivity index (χ1) is 9.06. The van der Waals surface area contributed by atoms with E-state index < -0.39 is 5.91 Å². The van der Waals surface area contributed by atoms with Crippen molar-refractivity contribution < 1.29 is 9.90 Å². The zero-order chi connectivity index (χ0) is 13.8. The first kappa shape index (κ1) is 12.9. The number of nitrogens with one attached hydrogen (secondary N) is 1. The third kappa shape index (κ3) is 3.22. The normalized spacial score (nSPS) is 11.4. The van der Waals surface area contributed by atoms with E-state index in [4.69, 9.17) is 5.11 Å². The Bertz CT molecular complexity index is 611. The van der Waals surface area contributed by atoms with Crippen LogP contribution in [0, 0.1) is 6.92 Å². The third-order valence-corrected chi connectivity index (χ3v) is 2.42. The number of aryl methyl sites for hydroxylation is 1. The summed E-state index contributed by atoms with van der Waals surface area (Å²) < 4.78 is 1.65. The van der Waals surface area contributed by atoms with Gasteiger partial charge in [0.2, 0.25) is 0 Å².